The van der Waals surface area contributed by atoms with Crippen molar-refractivity contribution in [2.75, 3.05) is 13.1 Å². The van der Waals surface area contributed by atoms with Gasteiger partial charge in [-0.15, -0.1) is 0 Å². The monoisotopic (exact) mass is 485 g/mol. The molecule has 1 heterocycles. The van der Waals surface area contributed by atoms with Crippen LogP contribution in [0.4, 0.5) is 4.39 Å². The first-order chi connectivity index (χ1) is 17.5. The lowest BCUT2D eigenvalue weighted by atomic mass is 9.95. The van der Waals surface area contributed by atoms with Crippen LogP contribution >= 0.6 is 0 Å². The smallest absolute Gasteiger partial charge is 0.304 e. The van der Waals surface area contributed by atoms with E-state index in [1.165, 1.54) is 23.3 Å². The molecule has 1 aliphatic heterocycles. The highest BCUT2D eigenvalue weighted by atomic mass is 19.1. The zero-order valence-corrected chi connectivity index (χ0v) is 20.6. The summed E-state index contributed by atoms with van der Waals surface area (Å²) in [6.45, 7) is 5.12. The van der Waals surface area contributed by atoms with Crippen molar-refractivity contribution in [3.8, 4) is 5.75 Å². The standard InChI is InChI=1S/C31H32FNO3/c1-2-3-28(20-31(34)35)26-10-14-30(15-11-26)36-22-24-6-4-23(5-7-24)21-33-18-16-27(17-19-33)25-8-12-29(32)13-9-25/h2-16,28H,17-22H2,1H3,(H,34,35)/t28-/m1/s1. The number of halogens is 1. The van der Waals surface area contributed by atoms with E-state index < -0.39 is 5.97 Å². The van der Waals surface area contributed by atoms with Gasteiger partial charge in [0.2, 0.25) is 0 Å². The molecule has 4 rings (SSSR count). The zero-order chi connectivity index (χ0) is 25.3. The SMILES string of the molecule is CC=C[C@H](CC(=O)O)c1ccc(OCc2ccc(CN3CC=C(c4ccc(F)cc4)CC3)cc2)cc1. The van der Waals surface area contributed by atoms with E-state index in [9.17, 15) is 9.18 Å². The highest BCUT2D eigenvalue weighted by molar-refractivity contribution is 5.68. The minimum atomic E-state index is -0.812. The number of aliphatic carboxylic acids is 1. The molecule has 1 atom stereocenters. The van der Waals surface area contributed by atoms with Gasteiger partial charge in [-0.1, -0.05) is 66.8 Å². The minimum absolute atomic E-state index is 0.0695. The van der Waals surface area contributed by atoms with Gasteiger partial charge in [-0.3, -0.25) is 9.69 Å². The summed E-state index contributed by atoms with van der Waals surface area (Å²) in [5.41, 5.74) is 5.70. The second-order valence-corrected chi connectivity index (χ2v) is 9.13. The fraction of sp³-hybridized carbons (Fsp3) is 0.258. The first-order valence-corrected chi connectivity index (χ1v) is 12.3. The van der Waals surface area contributed by atoms with Crippen LogP contribution in [-0.2, 0) is 17.9 Å². The Hall–Kier alpha value is -3.70. The van der Waals surface area contributed by atoms with Crippen LogP contribution < -0.4 is 4.74 Å². The summed E-state index contributed by atoms with van der Waals surface area (Å²) in [6, 6.07) is 22.9. The van der Waals surface area contributed by atoms with Crippen LogP contribution in [0, 0.1) is 5.82 Å². The molecule has 3 aromatic carbocycles. The molecule has 0 unspecified atom stereocenters. The van der Waals surface area contributed by atoms with Crippen molar-refractivity contribution in [1.29, 1.82) is 0 Å². The topological polar surface area (TPSA) is 49.8 Å². The maximum absolute atomic E-state index is 13.2. The van der Waals surface area contributed by atoms with E-state index in [0.717, 1.165) is 48.5 Å². The van der Waals surface area contributed by atoms with Crippen LogP contribution in [0.5, 0.6) is 5.75 Å². The first-order valence-electron chi connectivity index (χ1n) is 12.3. The van der Waals surface area contributed by atoms with Gasteiger partial charge in [0.1, 0.15) is 18.2 Å². The molecule has 4 nitrogen and oxygen atoms in total. The normalized spacial score (nSPS) is 15.0. The van der Waals surface area contributed by atoms with Gasteiger partial charge in [0.05, 0.1) is 6.42 Å². The highest BCUT2D eigenvalue weighted by Gasteiger charge is 2.14. The number of carboxylic acid groups (broad SMARTS) is 1. The number of carbonyl (C=O) groups is 1. The third-order valence-corrected chi connectivity index (χ3v) is 6.47. The van der Waals surface area contributed by atoms with Crippen LogP contribution in [-0.4, -0.2) is 29.1 Å². The first kappa shape index (κ1) is 25.4. The van der Waals surface area contributed by atoms with Crippen molar-refractivity contribution in [1.82, 2.24) is 4.90 Å². The van der Waals surface area contributed by atoms with Crippen molar-refractivity contribution >= 4 is 11.5 Å². The van der Waals surface area contributed by atoms with E-state index in [4.69, 9.17) is 9.84 Å². The molecular weight excluding hydrogens is 453 g/mol. The van der Waals surface area contributed by atoms with Crippen molar-refractivity contribution in [2.45, 2.75) is 38.8 Å². The predicted octanol–water partition coefficient (Wildman–Crippen LogP) is 6.83. The van der Waals surface area contributed by atoms with Crippen LogP contribution in [0.2, 0.25) is 0 Å². The lowest BCUT2D eigenvalue weighted by molar-refractivity contribution is -0.137. The number of carboxylic acids is 1. The Morgan fingerprint density at radius 3 is 2.33 bits per heavy atom. The minimum Gasteiger partial charge on any atom is -0.489 e. The molecule has 1 N–H and O–H groups in total. The summed E-state index contributed by atoms with van der Waals surface area (Å²) >= 11 is 0. The van der Waals surface area contributed by atoms with Crippen molar-refractivity contribution < 1.29 is 19.0 Å². The molecule has 186 valence electrons. The third-order valence-electron chi connectivity index (χ3n) is 6.47. The predicted molar refractivity (Wildman–Crippen MR) is 141 cm³/mol. The van der Waals surface area contributed by atoms with Crippen LogP contribution in [0.25, 0.3) is 5.57 Å². The molecule has 0 aliphatic carbocycles. The van der Waals surface area contributed by atoms with Crippen molar-refractivity contribution in [2.24, 2.45) is 0 Å². The summed E-state index contributed by atoms with van der Waals surface area (Å²) in [5, 5.41) is 9.14. The largest absolute Gasteiger partial charge is 0.489 e. The quantitative estimate of drug-likeness (QED) is 0.320. The Morgan fingerprint density at radius 2 is 1.72 bits per heavy atom. The van der Waals surface area contributed by atoms with E-state index in [1.54, 1.807) is 0 Å². The maximum Gasteiger partial charge on any atom is 0.304 e. The molecule has 0 saturated heterocycles. The number of benzene rings is 3. The molecule has 3 aromatic rings. The molecule has 0 spiro atoms. The number of hydrogen-bond acceptors (Lipinski definition) is 3. The van der Waals surface area contributed by atoms with Gasteiger partial charge in [-0.2, -0.15) is 0 Å². The van der Waals surface area contributed by atoms with E-state index >= 15 is 0 Å². The second kappa shape index (κ2) is 12.3. The van der Waals surface area contributed by atoms with Gasteiger partial charge in [-0.05, 0) is 65.4 Å². The van der Waals surface area contributed by atoms with E-state index in [2.05, 4.69) is 35.2 Å². The van der Waals surface area contributed by atoms with Crippen LogP contribution in [0.15, 0.2) is 91.0 Å². The Kier molecular flexibility index (Phi) is 8.69. The molecule has 0 bridgehead atoms. The van der Waals surface area contributed by atoms with Crippen molar-refractivity contribution in [3.63, 3.8) is 0 Å². The Bertz CT molecular complexity index is 1200. The fourth-order valence-electron chi connectivity index (χ4n) is 4.48. The second-order valence-electron chi connectivity index (χ2n) is 9.13. The summed E-state index contributed by atoms with van der Waals surface area (Å²) in [6.07, 6.45) is 7.07. The van der Waals surface area contributed by atoms with Gasteiger partial charge in [0, 0.05) is 25.6 Å². The summed E-state index contributed by atoms with van der Waals surface area (Å²) < 4.78 is 19.1. The number of rotatable bonds is 10. The Labute approximate surface area is 212 Å². The summed E-state index contributed by atoms with van der Waals surface area (Å²) in [5.74, 6) is -0.392. The number of nitrogens with zero attached hydrogens (tertiary/aromatic N) is 1. The Morgan fingerprint density at radius 1 is 1.03 bits per heavy atom. The maximum atomic E-state index is 13.2. The van der Waals surface area contributed by atoms with E-state index in [1.807, 2.05) is 55.5 Å². The summed E-state index contributed by atoms with van der Waals surface area (Å²) in [7, 11) is 0. The fourth-order valence-corrected chi connectivity index (χ4v) is 4.48. The zero-order valence-electron chi connectivity index (χ0n) is 20.6. The average molecular weight is 486 g/mol. The molecule has 0 fully saturated rings. The number of hydrogen-bond donors (Lipinski definition) is 1. The van der Waals surface area contributed by atoms with Gasteiger partial charge in [0.15, 0.2) is 0 Å². The molecule has 0 amide bonds. The lowest BCUT2D eigenvalue weighted by Crippen LogP contribution is -2.28. The van der Waals surface area contributed by atoms with Crippen LogP contribution in [0.3, 0.4) is 0 Å². The van der Waals surface area contributed by atoms with Gasteiger partial charge in [-0.25, -0.2) is 4.39 Å². The third kappa shape index (κ3) is 7.15. The molecule has 1 aliphatic rings. The molecule has 5 heteroatoms. The van der Waals surface area contributed by atoms with Gasteiger partial charge >= 0.3 is 5.97 Å². The van der Waals surface area contributed by atoms with Crippen molar-refractivity contribution in [3.05, 3.63) is 119 Å². The van der Waals surface area contributed by atoms with Crippen LogP contribution in [0.1, 0.15) is 47.9 Å². The van der Waals surface area contributed by atoms with Gasteiger partial charge in [0.25, 0.3) is 0 Å². The number of ether oxygens (including phenoxy) is 1. The molecular formula is C31H32FNO3. The van der Waals surface area contributed by atoms with E-state index in [0.29, 0.717) is 6.61 Å². The lowest BCUT2D eigenvalue weighted by Gasteiger charge is -2.26. The number of allylic oxidation sites excluding steroid dienone is 2. The van der Waals surface area contributed by atoms with Gasteiger partial charge < -0.3 is 9.84 Å². The highest BCUT2D eigenvalue weighted by Crippen LogP contribution is 2.25. The molecule has 36 heavy (non-hydrogen) atoms. The van der Waals surface area contributed by atoms with E-state index in [-0.39, 0.29) is 18.2 Å². The average Bonchev–Trinajstić information content (AvgIpc) is 2.89. The summed E-state index contributed by atoms with van der Waals surface area (Å²) in [4.78, 5) is 13.5. The molecule has 0 saturated carbocycles. The molecule has 0 aromatic heterocycles. The Balaban J connectivity index is 1.26. The molecule has 0 radical (unpaired) electrons.